The molecule has 0 aliphatic carbocycles. The van der Waals surface area contributed by atoms with E-state index >= 15 is 0 Å². The number of aliphatic hydroxyl groups is 1. The Kier molecular flexibility index (Phi) is 3.98. The van der Waals surface area contributed by atoms with E-state index in [0.29, 0.717) is 11.3 Å². The van der Waals surface area contributed by atoms with Gasteiger partial charge in [0.15, 0.2) is 0 Å². The molecule has 102 valence electrons. The summed E-state index contributed by atoms with van der Waals surface area (Å²) >= 11 is 0. The fourth-order valence-corrected chi connectivity index (χ4v) is 2.50. The lowest BCUT2D eigenvalue weighted by Crippen LogP contribution is -2.13. The number of sulfonamides is 1. The van der Waals surface area contributed by atoms with Gasteiger partial charge < -0.3 is 5.11 Å². The molecule has 0 saturated carbocycles. The third-order valence-corrected chi connectivity index (χ3v) is 3.92. The second-order valence-corrected chi connectivity index (χ2v) is 5.63. The smallest absolute Gasteiger partial charge is 0.263 e. The van der Waals surface area contributed by atoms with Crippen LogP contribution in [0.1, 0.15) is 11.3 Å². The van der Waals surface area contributed by atoms with Gasteiger partial charge in [0, 0.05) is 11.9 Å². The second-order valence-electron chi connectivity index (χ2n) is 3.95. The lowest BCUT2D eigenvalue weighted by molar-refractivity contribution is 0.282. The van der Waals surface area contributed by atoms with E-state index in [9.17, 15) is 8.42 Å². The summed E-state index contributed by atoms with van der Waals surface area (Å²) in [5.41, 5.74) is 1.22. The highest BCUT2D eigenvalue weighted by Crippen LogP contribution is 2.16. The topological polar surface area (TPSA) is 103 Å². The number of nitrogens with zero attached hydrogens (tertiary/aromatic N) is 2. The van der Waals surface area contributed by atoms with Crippen LogP contribution in [0.3, 0.4) is 0 Å². The van der Waals surface area contributed by atoms with Gasteiger partial charge in [0.1, 0.15) is 16.7 Å². The molecule has 1 heterocycles. The molecule has 0 radical (unpaired) electrons. The molecule has 7 heteroatoms. The van der Waals surface area contributed by atoms with Crippen molar-refractivity contribution in [2.24, 2.45) is 0 Å². The van der Waals surface area contributed by atoms with Gasteiger partial charge in [-0.25, -0.2) is 13.4 Å². The van der Waals surface area contributed by atoms with E-state index in [1.54, 1.807) is 24.3 Å². The van der Waals surface area contributed by atoms with Gasteiger partial charge in [-0.15, -0.1) is 0 Å². The number of aromatic nitrogens is 1. The fraction of sp³-hybridized carbons (Fsp3) is 0.0769. The van der Waals surface area contributed by atoms with Crippen molar-refractivity contribution in [3.05, 3.63) is 53.9 Å². The largest absolute Gasteiger partial charge is 0.392 e. The number of hydrogen-bond acceptors (Lipinski definition) is 5. The number of anilines is 1. The highest BCUT2D eigenvalue weighted by atomic mass is 32.2. The highest BCUT2D eigenvalue weighted by Gasteiger charge is 2.14. The molecule has 6 nitrogen and oxygen atoms in total. The summed E-state index contributed by atoms with van der Waals surface area (Å²) in [5, 5.41) is 17.5. The van der Waals surface area contributed by atoms with E-state index in [1.165, 1.54) is 12.1 Å². The zero-order chi connectivity index (χ0) is 14.6. The summed E-state index contributed by atoms with van der Waals surface area (Å²) in [6.45, 7) is -0.105. The fourth-order valence-electron chi connectivity index (χ4n) is 1.50. The van der Waals surface area contributed by atoms with Gasteiger partial charge in [-0.05, 0) is 29.8 Å². The predicted octanol–water partition coefficient (Wildman–Crippen LogP) is 1.25. The number of hydrogen-bond donors (Lipinski definition) is 2. The van der Waals surface area contributed by atoms with Crippen molar-refractivity contribution < 1.29 is 13.5 Å². The quantitative estimate of drug-likeness (QED) is 0.881. The first kappa shape index (κ1) is 14.0. The third kappa shape index (κ3) is 3.12. The van der Waals surface area contributed by atoms with Gasteiger partial charge in [-0.3, -0.25) is 4.72 Å². The zero-order valence-electron chi connectivity index (χ0n) is 10.3. The lowest BCUT2D eigenvalue weighted by Gasteiger charge is -2.08. The normalized spacial score (nSPS) is 10.8. The first-order valence-corrected chi connectivity index (χ1v) is 7.12. The minimum Gasteiger partial charge on any atom is -0.392 e. The molecule has 0 fully saturated rings. The van der Waals surface area contributed by atoms with Crippen molar-refractivity contribution >= 4 is 15.7 Å². The molecule has 2 aromatic rings. The van der Waals surface area contributed by atoms with Crippen LogP contribution in [-0.2, 0) is 16.6 Å². The van der Waals surface area contributed by atoms with E-state index in [2.05, 4.69) is 9.71 Å². The average Bonchev–Trinajstić information content (AvgIpc) is 2.48. The Balaban J connectivity index is 2.23. The summed E-state index contributed by atoms with van der Waals surface area (Å²) in [7, 11) is -3.74. The maximum absolute atomic E-state index is 12.1. The Morgan fingerprint density at radius 3 is 2.40 bits per heavy atom. The van der Waals surface area contributed by atoms with Crippen LogP contribution in [-0.4, -0.2) is 18.5 Å². The minimum absolute atomic E-state index is 0.0252. The summed E-state index contributed by atoms with van der Waals surface area (Å²) in [6.07, 6.45) is 1.13. The van der Waals surface area contributed by atoms with E-state index in [1.807, 2.05) is 6.07 Å². The molecule has 2 rings (SSSR count). The van der Waals surface area contributed by atoms with Crippen molar-refractivity contribution in [3.8, 4) is 6.07 Å². The van der Waals surface area contributed by atoms with Crippen molar-refractivity contribution in [3.63, 3.8) is 0 Å². The van der Waals surface area contributed by atoms with Gasteiger partial charge in [0.2, 0.25) is 0 Å². The Bertz CT molecular complexity index is 732. The molecule has 0 aliphatic rings. The van der Waals surface area contributed by atoms with Gasteiger partial charge in [0.25, 0.3) is 10.0 Å². The lowest BCUT2D eigenvalue weighted by atomic mass is 10.2. The summed E-state index contributed by atoms with van der Waals surface area (Å²) in [6, 6.07) is 10.8. The van der Waals surface area contributed by atoms with Gasteiger partial charge >= 0.3 is 0 Å². The second kappa shape index (κ2) is 5.69. The van der Waals surface area contributed by atoms with Crippen molar-refractivity contribution in [2.75, 3.05) is 4.72 Å². The highest BCUT2D eigenvalue weighted by molar-refractivity contribution is 7.92. The maximum Gasteiger partial charge on any atom is 0.263 e. The molecule has 2 N–H and O–H groups in total. The first-order valence-electron chi connectivity index (χ1n) is 5.64. The molecular formula is C13H11N3O3S. The van der Waals surface area contributed by atoms with Crippen molar-refractivity contribution in [2.45, 2.75) is 11.5 Å². The summed E-state index contributed by atoms with van der Waals surface area (Å²) in [4.78, 5) is 3.69. The molecule has 0 atom stereocenters. The monoisotopic (exact) mass is 289 g/mol. The molecular weight excluding hydrogens is 278 g/mol. The Morgan fingerprint density at radius 2 is 1.90 bits per heavy atom. The molecule has 1 aromatic carbocycles. The van der Waals surface area contributed by atoms with E-state index < -0.39 is 10.0 Å². The van der Waals surface area contributed by atoms with Gasteiger partial charge in [0.05, 0.1) is 6.61 Å². The standard InChI is InChI=1S/C13H11N3O3S/c14-7-12-5-6-13(8-15-12)20(18,19)16-11-3-1-10(9-17)2-4-11/h1-6,8,16-17H,9H2. The molecule has 0 amide bonds. The number of nitrogens with one attached hydrogen (secondary N) is 1. The number of nitriles is 1. The predicted molar refractivity (Wildman–Crippen MR) is 72.1 cm³/mol. The maximum atomic E-state index is 12.1. The number of aliphatic hydroxyl groups excluding tert-OH is 1. The van der Waals surface area contributed by atoms with Gasteiger partial charge in [-0.2, -0.15) is 5.26 Å². The number of pyridine rings is 1. The van der Waals surface area contributed by atoms with E-state index in [-0.39, 0.29) is 17.2 Å². The van der Waals surface area contributed by atoms with Crippen molar-refractivity contribution in [1.82, 2.24) is 4.98 Å². The minimum atomic E-state index is -3.74. The SMILES string of the molecule is N#Cc1ccc(S(=O)(=O)Nc2ccc(CO)cc2)cn1. The molecule has 0 spiro atoms. The van der Waals surface area contributed by atoms with Crippen LogP contribution in [0.15, 0.2) is 47.5 Å². The average molecular weight is 289 g/mol. The van der Waals surface area contributed by atoms with Gasteiger partial charge in [-0.1, -0.05) is 12.1 Å². The van der Waals surface area contributed by atoms with Crippen LogP contribution in [0, 0.1) is 11.3 Å². The summed E-state index contributed by atoms with van der Waals surface area (Å²) in [5.74, 6) is 0. The Morgan fingerprint density at radius 1 is 1.20 bits per heavy atom. The van der Waals surface area contributed by atoms with Crippen LogP contribution in [0.25, 0.3) is 0 Å². The number of rotatable bonds is 4. The zero-order valence-corrected chi connectivity index (χ0v) is 11.1. The molecule has 1 aromatic heterocycles. The van der Waals surface area contributed by atoms with E-state index in [0.717, 1.165) is 6.20 Å². The van der Waals surface area contributed by atoms with Crippen LogP contribution in [0.2, 0.25) is 0 Å². The van der Waals surface area contributed by atoms with Crippen LogP contribution < -0.4 is 4.72 Å². The van der Waals surface area contributed by atoms with Crippen LogP contribution in [0.5, 0.6) is 0 Å². The number of benzene rings is 1. The van der Waals surface area contributed by atoms with Crippen LogP contribution in [0.4, 0.5) is 5.69 Å². The van der Waals surface area contributed by atoms with Crippen molar-refractivity contribution in [1.29, 1.82) is 5.26 Å². The Labute approximate surface area is 116 Å². The molecule has 0 saturated heterocycles. The molecule has 0 aliphatic heterocycles. The molecule has 20 heavy (non-hydrogen) atoms. The Hall–Kier alpha value is -2.43. The first-order chi connectivity index (χ1) is 9.55. The summed E-state index contributed by atoms with van der Waals surface area (Å²) < 4.78 is 26.5. The molecule has 0 bridgehead atoms. The molecule has 0 unspecified atom stereocenters. The third-order valence-electron chi connectivity index (χ3n) is 2.55. The van der Waals surface area contributed by atoms with Crippen LogP contribution >= 0.6 is 0 Å². The van der Waals surface area contributed by atoms with E-state index in [4.69, 9.17) is 10.4 Å².